The van der Waals surface area contributed by atoms with E-state index in [2.05, 4.69) is 93.7 Å². The highest BCUT2D eigenvalue weighted by atomic mass is 16.6. The SMILES string of the molecule is CCCCC/C=C\C/C=C\C/C=C\C/C=C\CCCCCC(=O)OC[C@H](COC(=O)CCCCCCCCCCCCCCCCCCC)OC(=O)CCCCCCCCCCC/C=C\C/C=C\CCCCC. The summed E-state index contributed by atoms with van der Waals surface area (Å²) in [5.41, 5.74) is 0. The molecule has 0 spiro atoms. The molecule has 1 atom stereocenters. The lowest BCUT2D eigenvalue weighted by atomic mass is 10.0. The van der Waals surface area contributed by atoms with Crippen LogP contribution in [-0.4, -0.2) is 37.2 Å². The van der Waals surface area contributed by atoms with Gasteiger partial charge in [-0.25, -0.2) is 0 Å². The molecule has 0 aliphatic rings. The van der Waals surface area contributed by atoms with Gasteiger partial charge in [0.1, 0.15) is 13.2 Å². The maximum absolute atomic E-state index is 12.9. The van der Waals surface area contributed by atoms with Crippen LogP contribution in [0.1, 0.15) is 316 Å². The number of allylic oxidation sites excluding steroid dienone is 12. The standard InChI is InChI=1S/C67H118O6/c1-4-7-10-13-16-19-22-25-28-31-33-36-39-42-45-48-51-54-57-60-66(69)72-63-64(62-71-65(68)59-56-53-50-47-44-41-38-35-30-27-24-21-18-15-12-9-6-3)73-67(70)61-58-55-52-49-46-43-40-37-34-32-29-26-23-20-17-14-11-8-5-2/h16-17,19-20,25-26,28-29,33,36,42,45,64H,4-15,18,21-24,27,30-32,34-35,37-41,43-44,46-63H2,1-3H3/b19-16-,20-17-,28-25-,29-26-,36-33-,45-42-/t64-/m0/s1. The molecule has 0 amide bonds. The van der Waals surface area contributed by atoms with Crippen LogP contribution in [0.15, 0.2) is 72.9 Å². The zero-order chi connectivity index (χ0) is 52.9. The Morgan fingerprint density at radius 1 is 0.274 bits per heavy atom. The Labute approximate surface area is 453 Å². The second kappa shape index (κ2) is 61.4. The van der Waals surface area contributed by atoms with E-state index in [1.165, 1.54) is 186 Å². The van der Waals surface area contributed by atoms with Crippen molar-refractivity contribution in [1.29, 1.82) is 0 Å². The smallest absolute Gasteiger partial charge is 0.306 e. The molecule has 0 aliphatic carbocycles. The van der Waals surface area contributed by atoms with Gasteiger partial charge in [-0.3, -0.25) is 14.4 Å². The molecule has 73 heavy (non-hydrogen) atoms. The van der Waals surface area contributed by atoms with Gasteiger partial charge in [-0.05, 0) is 96.3 Å². The van der Waals surface area contributed by atoms with Crippen molar-refractivity contribution >= 4 is 17.9 Å². The summed E-state index contributed by atoms with van der Waals surface area (Å²) in [7, 11) is 0. The van der Waals surface area contributed by atoms with Crippen LogP contribution >= 0.6 is 0 Å². The Kier molecular flexibility index (Phi) is 58.7. The van der Waals surface area contributed by atoms with Crippen LogP contribution < -0.4 is 0 Å². The lowest BCUT2D eigenvalue weighted by Crippen LogP contribution is -2.30. The second-order valence-corrected chi connectivity index (χ2v) is 21.0. The average molecular weight is 1020 g/mol. The van der Waals surface area contributed by atoms with Crippen molar-refractivity contribution in [3.63, 3.8) is 0 Å². The molecule has 0 heterocycles. The zero-order valence-electron chi connectivity index (χ0n) is 48.4. The number of carbonyl (C=O) groups is 3. The number of unbranched alkanes of at least 4 members (excludes halogenated alkanes) is 34. The third-order valence-corrected chi connectivity index (χ3v) is 13.7. The van der Waals surface area contributed by atoms with Crippen LogP contribution in [0.25, 0.3) is 0 Å². The molecule has 0 aliphatic heterocycles. The second-order valence-electron chi connectivity index (χ2n) is 21.0. The summed E-state index contributed by atoms with van der Waals surface area (Å²) < 4.78 is 16.9. The Hall–Kier alpha value is -3.15. The molecule has 422 valence electrons. The molecule has 0 saturated heterocycles. The molecular weight excluding hydrogens is 901 g/mol. The van der Waals surface area contributed by atoms with E-state index in [1.54, 1.807) is 0 Å². The van der Waals surface area contributed by atoms with E-state index in [1.807, 2.05) is 0 Å². The van der Waals surface area contributed by atoms with Crippen molar-refractivity contribution < 1.29 is 28.6 Å². The normalized spacial score (nSPS) is 12.5. The van der Waals surface area contributed by atoms with Gasteiger partial charge in [0.25, 0.3) is 0 Å². The lowest BCUT2D eigenvalue weighted by molar-refractivity contribution is -0.167. The van der Waals surface area contributed by atoms with Crippen molar-refractivity contribution in [1.82, 2.24) is 0 Å². The van der Waals surface area contributed by atoms with E-state index in [4.69, 9.17) is 14.2 Å². The van der Waals surface area contributed by atoms with Gasteiger partial charge in [0, 0.05) is 19.3 Å². The summed E-state index contributed by atoms with van der Waals surface area (Å²) in [6.45, 7) is 6.60. The topological polar surface area (TPSA) is 78.9 Å². The first kappa shape index (κ1) is 69.8. The van der Waals surface area contributed by atoms with Crippen LogP contribution in [-0.2, 0) is 28.6 Å². The Morgan fingerprint density at radius 3 is 0.808 bits per heavy atom. The minimum absolute atomic E-state index is 0.0846. The first-order valence-electron chi connectivity index (χ1n) is 31.4. The van der Waals surface area contributed by atoms with Gasteiger partial charge >= 0.3 is 17.9 Å². The number of carbonyl (C=O) groups excluding carboxylic acids is 3. The monoisotopic (exact) mass is 1020 g/mol. The van der Waals surface area contributed by atoms with Gasteiger partial charge in [0.15, 0.2) is 6.10 Å². The first-order valence-corrected chi connectivity index (χ1v) is 31.4. The van der Waals surface area contributed by atoms with Crippen molar-refractivity contribution in [3.8, 4) is 0 Å². The molecule has 6 heteroatoms. The molecule has 0 rings (SSSR count). The Morgan fingerprint density at radius 2 is 0.493 bits per heavy atom. The molecule has 0 N–H and O–H groups in total. The van der Waals surface area contributed by atoms with Gasteiger partial charge in [-0.2, -0.15) is 0 Å². The van der Waals surface area contributed by atoms with Gasteiger partial charge < -0.3 is 14.2 Å². The summed E-state index contributed by atoms with van der Waals surface area (Å²) in [5.74, 6) is -0.906. The van der Waals surface area contributed by atoms with E-state index >= 15 is 0 Å². The number of hydrogen-bond acceptors (Lipinski definition) is 6. The number of ether oxygens (including phenoxy) is 3. The van der Waals surface area contributed by atoms with Crippen LogP contribution in [0.2, 0.25) is 0 Å². The third kappa shape index (κ3) is 59.6. The minimum atomic E-state index is -0.791. The zero-order valence-corrected chi connectivity index (χ0v) is 48.4. The highest BCUT2D eigenvalue weighted by molar-refractivity contribution is 5.71. The fraction of sp³-hybridized carbons (Fsp3) is 0.776. The summed E-state index contributed by atoms with van der Waals surface area (Å²) >= 11 is 0. The van der Waals surface area contributed by atoms with E-state index in [0.717, 1.165) is 89.9 Å². The van der Waals surface area contributed by atoms with Gasteiger partial charge in [0.2, 0.25) is 0 Å². The van der Waals surface area contributed by atoms with E-state index in [0.29, 0.717) is 19.3 Å². The van der Waals surface area contributed by atoms with E-state index in [-0.39, 0.29) is 31.1 Å². The largest absolute Gasteiger partial charge is 0.462 e. The molecule has 0 fully saturated rings. The first-order chi connectivity index (χ1) is 36.0. The minimum Gasteiger partial charge on any atom is -0.462 e. The van der Waals surface area contributed by atoms with E-state index in [9.17, 15) is 14.4 Å². The Balaban J connectivity index is 4.42. The summed E-state index contributed by atoms with van der Waals surface area (Å²) in [6, 6.07) is 0. The van der Waals surface area contributed by atoms with Crippen molar-refractivity contribution in [2.45, 2.75) is 322 Å². The molecule has 0 aromatic rings. The number of esters is 3. The molecule has 0 aromatic carbocycles. The van der Waals surface area contributed by atoms with Crippen molar-refractivity contribution in [2.75, 3.05) is 13.2 Å². The summed E-state index contributed by atoms with van der Waals surface area (Å²) in [5, 5.41) is 0. The van der Waals surface area contributed by atoms with Crippen LogP contribution in [0.3, 0.4) is 0 Å². The van der Waals surface area contributed by atoms with Crippen LogP contribution in [0.4, 0.5) is 0 Å². The molecule has 6 nitrogen and oxygen atoms in total. The van der Waals surface area contributed by atoms with Crippen molar-refractivity contribution in [2.24, 2.45) is 0 Å². The number of rotatable bonds is 57. The fourth-order valence-electron chi connectivity index (χ4n) is 8.93. The summed E-state index contributed by atoms with van der Waals surface area (Å²) in [6.07, 6.45) is 78.9. The number of hydrogen-bond donors (Lipinski definition) is 0. The highest BCUT2D eigenvalue weighted by Gasteiger charge is 2.19. The van der Waals surface area contributed by atoms with Gasteiger partial charge in [-0.15, -0.1) is 0 Å². The van der Waals surface area contributed by atoms with Crippen molar-refractivity contribution in [3.05, 3.63) is 72.9 Å². The molecule has 0 bridgehead atoms. The van der Waals surface area contributed by atoms with E-state index < -0.39 is 6.10 Å². The maximum atomic E-state index is 12.9. The maximum Gasteiger partial charge on any atom is 0.306 e. The molecule has 0 radical (unpaired) electrons. The highest BCUT2D eigenvalue weighted by Crippen LogP contribution is 2.16. The predicted octanol–water partition coefficient (Wildman–Crippen LogP) is 21.3. The quantitative estimate of drug-likeness (QED) is 0.0261. The van der Waals surface area contributed by atoms with Crippen LogP contribution in [0, 0.1) is 0 Å². The molecule has 0 unspecified atom stereocenters. The van der Waals surface area contributed by atoms with Gasteiger partial charge in [-0.1, -0.05) is 273 Å². The summed E-state index contributed by atoms with van der Waals surface area (Å²) in [4.78, 5) is 38.3. The fourth-order valence-corrected chi connectivity index (χ4v) is 8.93. The van der Waals surface area contributed by atoms with Gasteiger partial charge in [0.05, 0.1) is 0 Å². The molecule has 0 saturated carbocycles. The molecule has 0 aromatic heterocycles. The predicted molar refractivity (Wildman–Crippen MR) is 316 cm³/mol. The lowest BCUT2D eigenvalue weighted by Gasteiger charge is -2.18. The average Bonchev–Trinajstić information content (AvgIpc) is 3.39. The molecular formula is C67H118O6. The Bertz CT molecular complexity index is 1360. The van der Waals surface area contributed by atoms with Crippen LogP contribution in [0.5, 0.6) is 0 Å². The third-order valence-electron chi connectivity index (χ3n) is 13.7.